The number of hydrogen-bond donors (Lipinski definition) is 1. The van der Waals surface area contributed by atoms with E-state index in [-0.39, 0.29) is 23.3 Å². The van der Waals surface area contributed by atoms with Crippen molar-refractivity contribution in [3.8, 4) is 5.75 Å². The molecular formula is C11H12FNO2. The molecule has 1 N–H and O–H groups in total. The number of hydrogen-bond acceptors (Lipinski definition) is 2. The van der Waals surface area contributed by atoms with Gasteiger partial charge in [0, 0.05) is 19.2 Å². The van der Waals surface area contributed by atoms with Gasteiger partial charge in [0.25, 0.3) is 5.91 Å². The van der Waals surface area contributed by atoms with Crippen LogP contribution in [0.2, 0.25) is 0 Å². The van der Waals surface area contributed by atoms with Gasteiger partial charge in [-0.3, -0.25) is 4.79 Å². The summed E-state index contributed by atoms with van der Waals surface area (Å²) in [4.78, 5) is 13.3. The standard InChI is InChI=1S/C11H12FNO2/c1-13(7-2-3-7)11(15)9-5-4-8(14)6-10(9)12/h4-7,14H,2-3H2,1H3. The molecule has 1 aliphatic rings. The van der Waals surface area contributed by atoms with Crippen molar-refractivity contribution in [2.75, 3.05) is 7.05 Å². The second-order valence-corrected chi connectivity index (χ2v) is 3.81. The summed E-state index contributed by atoms with van der Waals surface area (Å²) in [5.41, 5.74) is 0.0159. The molecule has 0 atom stereocenters. The van der Waals surface area contributed by atoms with Gasteiger partial charge in [-0.1, -0.05) is 0 Å². The smallest absolute Gasteiger partial charge is 0.256 e. The summed E-state index contributed by atoms with van der Waals surface area (Å²) in [6.45, 7) is 0. The third-order valence-corrected chi connectivity index (χ3v) is 2.60. The van der Waals surface area contributed by atoms with Crippen molar-refractivity contribution in [3.05, 3.63) is 29.6 Å². The van der Waals surface area contributed by atoms with E-state index >= 15 is 0 Å². The highest BCUT2D eigenvalue weighted by Crippen LogP contribution is 2.27. The van der Waals surface area contributed by atoms with Crippen LogP contribution < -0.4 is 0 Å². The van der Waals surface area contributed by atoms with Crippen molar-refractivity contribution in [2.45, 2.75) is 18.9 Å². The summed E-state index contributed by atoms with van der Waals surface area (Å²) in [5, 5.41) is 9.01. The highest BCUT2D eigenvalue weighted by Gasteiger charge is 2.31. The van der Waals surface area contributed by atoms with Gasteiger partial charge in [-0.15, -0.1) is 0 Å². The van der Waals surface area contributed by atoms with E-state index in [1.54, 1.807) is 11.9 Å². The summed E-state index contributed by atoms with van der Waals surface area (Å²) in [5.74, 6) is -1.17. The molecule has 2 rings (SSSR count). The lowest BCUT2D eigenvalue weighted by atomic mass is 10.2. The van der Waals surface area contributed by atoms with Crippen LogP contribution in [0.5, 0.6) is 5.75 Å². The average molecular weight is 209 g/mol. The first-order valence-corrected chi connectivity index (χ1v) is 4.85. The molecule has 0 radical (unpaired) electrons. The molecule has 1 aromatic rings. The van der Waals surface area contributed by atoms with E-state index in [0.29, 0.717) is 0 Å². The number of carbonyl (C=O) groups is 1. The summed E-state index contributed by atoms with van der Waals surface area (Å²) in [6, 6.07) is 3.84. The van der Waals surface area contributed by atoms with Crippen LogP contribution in [-0.4, -0.2) is 29.0 Å². The number of amides is 1. The van der Waals surface area contributed by atoms with Crippen LogP contribution in [0.25, 0.3) is 0 Å². The Balaban J connectivity index is 2.24. The highest BCUT2D eigenvalue weighted by molar-refractivity contribution is 5.94. The van der Waals surface area contributed by atoms with Crippen molar-refractivity contribution in [2.24, 2.45) is 0 Å². The molecule has 1 aromatic carbocycles. The van der Waals surface area contributed by atoms with Crippen LogP contribution in [0.4, 0.5) is 4.39 Å². The topological polar surface area (TPSA) is 40.5 Å². The predicted octanol–water partition coefficient (Wildman–Crippen LogP) is 1.77. The van der Waals surface area contributed by atoms with E-state index in [4.69, 9.17) is 5.11 Å². The molecule has 1 saturated carbocycles. The zero-order valence-corrected chi connectivity index (χ0v) is 8.40. The Morgan fingerprint density at radius 1 is 1.53 bits per heavy atom. The normalized spacial score (nSPS) is 15.1. The van der Waals surface area contributed by atoms with Crippen LogP contribution in [0.1, 0.15) is 23.2 Å². The summed E-state index contributed by atoms with van der Waals surface area (Å²) in [6.07, 6.45) is 1.98. The monoisotopic (exact) mass is 209 g/mol. The van der Waals surface area contributed by atoms with Crippen LogP contribution in [0.3, 0.4) is 0 Å². The number of phenolic OH excluding ortho intramolecular Hbond substituents is 1. The first kappa shape index (κ1) is 9.96. The molecule has 0 aliphatic heterocycles. The molecule has 0 bridgehead atoms. The van der Waals surface area contributed by atoms with E-state index in [9.17, 15) is 9.18 Å². The maximum Gasteiger partial charge on any atom is 0.256 e. The molecule has 80 valence electrons. The summed E-state index contributed by atoms with van der Waals surface area (Å²) in [7, 11) is 1.67. The largest absolute Gasteiger partial charge is 0.508 e. The molecule has 1 fully saturated rings. The van der Waals surface area contributed by atoms with Gasteiger partial charge in [-0.05, 0) is 25.0 Å². The number of rotatable bonds is 2. The van der Waals surface area contributed by atoms with Crippen LogP contribution >= 0.6 is 0 Å². The average Bonchev–Trinajstić information content (AvgIpc) is 2.99. The molecule has 0 aromatic heterocycles. The molecule has 0 saturated heterocycles. The lowest BCUT2D eigenvalue weighted by Gasteiger charge is -2.16. The quantitative estimate of drug-likeness (QED) is 0.806. The van der Waals surface area contributed by atoms with Gasteiger partial charge < -0.3 is 10.0 Å². The van der Waals surface area contributed by atoms with E-state index in [0.717, 1.165) is 18.9 Å². The van der Waals surface area contributed by atoms with Crippen LogP contribution in [-0.2, 0) is 0 Å². The number of phenols is 1. The molecule has 3 nitrogen and oxygen atoms in total. The Bertz CT molecular complexity index is 402. The maximum atomic E-state index is 13.3. The molecule has 0 heterocycles. The fourth-order valence-corrected chi connectivity index (χ4v) is 1.50. The molecule has 15 heavy (non-hydrogen) atoms. The number of benzene rings is 1. The van der Waals surface area contributed by atoms with Gasteiger partial charge in [0.05, 0.1) is 5.56 Å². The van der Waals surface area contributed by atoms with Crippen molar-refractivity contribution in [1.29, 1.82) is 0 Å². The van der Waals surface area contributed by atoms with Gasteiger partial charge in [-0.25, -0.2) is 4.39 Å². The molecule has 4 heteroatoms. The Morgan fingerprint density at radius 2 is 2.20 bits per heavy atom. The molecule has 0 unspecified atom stereocenters. The molecular weight excluding hydrogens is 197 g/mol. The second kappa shape index (κ2) is 3.53. The molecule has 0 spiro atoms. The minimum atomic E-state index is -0.674. The molecule has 1 amide bonds. The zero-order valence-electron chi connectivity index (χ0n) is 8.40. The maximum absolute atomic E-state index is 13.3. The van der Waals surface area contributed by atoms with Gasteiger partial charge in [0.1, 0.15) is 11.6 Å². The van der Waals surface area contributed by atoms with Gasteiger partial charge in [0.2, 0.25) is 0 Å². The summed E-state index contributed by atoms with van der Waals surface area (Å²) < 4.78 is 13.3. The third-order valence-electron chi connectivity index (χ3n) is 2.60. The van der Waals surface area contributed by atoms with Gasteiger partial charge in [-0.2, -0.15) is 0 Å². The second-order valence-electron chi connectivity index (χ2n) is 3.81. The van der Waals surface area contributed by atoms with Crippen molar-refractivity contribution >= 4 is 5.91 Å². The van der Waals surface area contributed by atoms with Crippen molar-refractivity contribution in [3.63, 3.8) is 0 Å². The number of carbonyl (C=O) groups excluding carboxylic acids is 1. The first-order valence-electron chi connectivity index (χ1n) is 4.85. The fourth-order valence-electron chi connectivity index (χ4n) is 1.50. The predicted molar refractivity (Wildman–Crippen MR) is 53.2 cm³/mol. The number of halogens is 1. The Labute approximate surface area is 87.1 Å². The lowest BCUT2D eigenvalue weighted by molar-refractivity contribution is 0.0780. The van der Waals surface area contributed by atoms with Gasteiger partial charge >= 0.3 is 0 Å². The lowest BCUT2D eigenvalue weighted by Crippen LogP contribution is -2.29. The SMILES string of the molecule is CN(C(=O)c1ccc(O)cc1F)C1CC1. The minimum Gasteiger partial charge on any atom is -0.508 e. The zero-order chi connectivity index (χ0) is 11.0. The third kappa shape index (κ3) is 1.93. The van der Waals surface area contributed by atoms with E-state index in [2.05, 4.69) is 0 Å². The van der Waals surface area contributed by atoms with Crippen molar-refractivity contribution < 1.29 is 14.3 Å². The number of aromatic hydroxyl groups is 1. The molecule has 1 aliphatic carbocycles. The van der Waals surface area contributed by atoms with E-state index in [1.165, 1.54) is 12.1 Å². The summed E-state index contributed by atoms with van der Waals surface area (Å²) >= 11 is 0. The minimum absolute atomic E-state index is 0.0159. The Morgan fingerprint density at radius 3 is 2.73 bits per heavy atom. The van der Waals surface area contributed by atoms with E-state index in [1.807, 2.05) is 0 Å². The Kier molecular flexibility index (Phi) is 2.34. The van der Waals surface area contributed by atoms with E-state index < -0.39 is 5.82 Å². The Hall–Kier alpha value is -1.58. The van der Waals surface area contributed by atoms with Gasteiger partial charge in [0.15, 0.2) is 0 Å². The van der Waals surface area contributed by atoms with Crippen LogP contribution in [0, 0.1) is 5.82 Å². The first-order chi connectivity index (χ1) is 7.09. The van der Waals surface area contributed by atoms with Crippen molar-refractivity contribution in [1.82, 2.24) is 4.90 Å². The van der Waals surface area contributed by atoms with Crippen LogP contribution in [0.15, 0.2) is 18.2 Å². The number of nitrogens with zero attached hydrogens (tertiary/aromatic N) is 1. The fraction of sp³-hybridized carbons (Fsp3) is 0.364. The highest BCUT2D eigenvalue weighted by atomic mass is 19.1.